The highest BCUT2D eigenvalue weighted by Gasteiger charge is 2.23. The molecular weight excluding hydrogens is 206 g/mol. The fourth-order valence-corrected chi connectivity index (χ4v) is 1.78. The SMILES string of the molecule is C[C@@H](C(=O)C(=O)O)c1c[nH]c2ccccc12. The number of benzene rings is 1. The number of carbonyl (C=O) groups is 2. The molecule has 1 aromatic heterocycles. The third-order valence-corrected chi connectivity index (χ3v) is 2.69. The van der Waals surface area contributed by atoms with Crippen molar-refractivity contribution in [3.05, 3.63) is 36.0 Å². The van der Waals surface area contributed by atoms with Crippen molar-refractivity contribution in [2.24, 2.45) is 0 Å². The number of H-pyrrole nitrogens is 1. The van der Waals surface area contributed by atoms with Gasteiger partial charge in [0.15, 0.2) is 0 Å². The molecule has 1 atom stereocenters. The van der Waals surface area contributed by atoms with E-state index in [0.717, 1.165) is 16.5 Å². The minimum atomic E-state index is -1.39. The van der Waals surface area contributed by atoms with Crippen LogP contribution >= 0.6 is 0 Å². The zero-order valence-corrected chi connectivity index (χ0v) is 8.73. The second-order valence-electron chi connectivity index (χ2n) is 3.68. The van der Waals surface area contributed by atoms with Gasteiger partial charge in [-0.05, 0) is 11.6 Å². The van der Waals surface area contributed by atoms with E-state index < -0.39 is 17.7 Å². The number of aromatic nitrogens is 1. The second-order valence-corrected chi connectivity index (χ2v) is 3.68. The van der Waals surface area contributed by atoms with Gasteiger partial charge in [0.05, 0.1) is 5.92 Å². The molecule has 2 rings (SSSR count). The standard InChI is InChI=1S/C12H11NO3/c1-7(11(14)12(15)16)9-6-13-10-5-3-2-4-8(9)10/h2-7,13H,1H3,(H,15,16)/t7-/m1/s1. The van der Waals surface area contributed by atoms with Crippen molar-refractivity contribution in [2.45, 2.75) is 12.8 Å². The van der Waals surface area contributed by atoms with Gasteiger partial charge in [-0.3, -0.25) is 4.79 Å². The molecule has 1 heterocycles. The molecule has 0 aliphatic heterocycles. The van der Waals surface area contributed by atoms with Gasteiger partial charge in [0.25, 0.3) is 0 Å². The van der Waals surface area contributed by atoms with Crippen molar-refractivity contribution in [1.82, 2.24) is 4.98 Å². The Kier molecular flexibility index (Phi) is 2.48. The molecule has 0 bridgehead atoms. The van der Waals surface area contributed by atoms with E-state index in [1.54, 1.807) is 13.1 Å². The molecular formula is C12H11NO3. The summed E-state index contributed by atoms with van der Waals surface area (Å²) in [7, 11) is 0. The van der Waals surface area contributed by atoms with Crippen LogP contribution in [0.25, 0.3) is 10.9 Å². The van der Waals surface area contributed by atoms with Gasteiger partial charge in [-0.1, -0.05) is 25.1 Å². The maximum Gasteiger partial charge on any atom is 0.372 e. The molecule has 0 unspecified atom stereocenters. The summed E-state index contributed by atoms with van der Waals surface area (Å²) in [5.41, 5.74) is 1.63. The molecule has 0 saturated heterocycles. The number of carboxylic acids is 1. The first-order chi connectivity index (χ1) is 7.61. The summed E-state index contributed by atoms with van der Waals surface area (Å²) in [6.07, 6.45) is 1.69. The summed E-state index contributed by atoms with van der Waals surface area (Å²) in [6, 6.07) is 7.49. The number of ketones is 1. The Balaban J connectivity index is 2.48. The van der Waals surface area contributed by atoms with Crippen LogP contribution in [0.3, 0.4) is 0 Å². The van der Waals surface area contributed by atoms with Gasteiger partial charge in [0.1, 0.15) is 0 Å². The first-order valence-electron chi connectivity index (χ1n) is 4.94. The van der Waals surface area contributed by atoms with Gasteiger partial charge in [-0.2, -0.15) is 0 Å². The Bertz CT molecular complexity index is 556. The van der Waals surface area contributed by atoms with Gasteiger partial charge in [0, 0.05) is 17.1 Å². The predicted octanol–water partition coefficient (Wildman–Crippen LogP) is 1.93. The smallest absolute Gasteiger partial charge is 0.372 e. The molecule has 0 amide bonds. The molecule has 2 N–H and O–H groups in total. The van der Waals surface area contributed by atoms with Crippen LogP contribution in [-0.4, -0.2) is 21.8 Å². The number of fused-ring (bicyclic) bond motifs is 1. The fourth-order valence-electron chi connectivity index (χ4n) is 1.78. The molecule has 0 saturated carbocycles. The molecule has 0 fully saturated rings. The molecule has 4 nitrogen and oxygen atoms in total. The highest BCUT2D eigenvalue weighted by molar-refractivity contribution is 6.35. The first-order valence-corrected chi connectivity index (χ1v) is 4.94. The number of para-hydroxylation sites is 1. The first kappa shape index (κ1) is 10.4. The van der Waals surface area contributed by atoms with E-state index in [0.29, 0.717) is 0 Å². The Morgan fingerprint density at radius 2 is 2.00 bits per heavy atom. The van der Waals surface area contributed by atoms with E-state index in [4.69, 9.17) is 5.11 Å². The van der Waals surface area contributed by atoms with Crippen molar-refractivity contribution in [2.75, 3.05) is 0 Å². The molecule has 82 valence electrons. The van der Waals surface area contributed by atoms with Crippen LogP contribution in [0.4, 0.5) is 0 Å². The lowest BCUT2D eigenvalue weighted by Gasteiger charge is -2.05. The third kappa shape index (κ3) is 1.58. The van der Waals surface area contributed by atoms with Crippen molar-refractivity contribution in [3.63, 3.8) is 0 Å². The van der Waals surface area contributed by atoms with Crippen molar-refractivity contribution in [1.29, 1.82) is 0 Å². The van der Waals surface area contributed by atoms with Crippen LogP contribution in [0, 0.1) is 0 Å². The summed E-state index contributed by atoms with van der Waals surface area (Å²) in [4.78, 5) is 25.0. The van der Waals surface area contributed by atoms with E-state index in [2.05, 4.69) is 4.98 Å². The molecule has 0 spiro atoms. The Morgan fingerprint density at radius 3 is 2.69 bits per heavy atom. The fraction of sp³-hybridized carbons (Fsp3) is 0.167. The highest BCUT2D eigenvalue weighted by atomic mass is 16.4. The van der Waals surface area contributed by atoms with E-state index >= 15 is 0 Å². The number of rotatable bonds is 3. The van der Waals surface area contributed by atoms with Crippen LogP contribution in [-0.2, 0) is 9.59 Å². The number of carbonyl (C=O) groups excluding carboxylic acids is 1. The highest BCUT2D eigenvalue weighted by Crippen LogP contribution is 2.25. The van der Waals surface area contributed by atoms with Crippen LogP contribution in [0.2, 0.25) is 0 Å². The summed E-state index contributed by atoms with van der Waals surface area (Å²) < 4.78 is 0. The number of aromatic amines is 1. The Morgan fingerprint density at radius 1 is 1.31 bits per heavy atom. The number of aliphatic carboxylic acids is 1. The number of hydrogen-bond donors (Lipinski definition) is 2. The van der Waals surface area contributed by atoms with Gasteiger partial charge in [-0.25, -0.2) is 4.79 Å². The van der Waals surface area contributed by atoms with E-state index in [-0.39, 0.29) is 0 Å². The van der Waals surface area contributed by atoms with Gasteiger partial charge < -0.3 is 10.1 Å². The molecule has 16 heavy (non-hydrogen) atoms. The minimum Gasteiger partial charge on any atom is -0.475 e. The van der Waals surface area contributed by atoms with Crippen LogP contribution < -0.4 is 0 Å². The minimum absolute atomic E-state index is 0.631. The predicted molar refractivity (Wildman–Crippen MR) is 59.4 cm³/mol. The summed E-state index contributed by atoms with van der Waals surface area (Å²) >= 11 is 0. The molecule has 2 aromatic rings. The average molecular weight is 217 g/mol. The molecule has 0 radical (unpaired) electrons. The summed E-state index contributed by atoms with van der Waals surface area (Å²) in [6.45, 7) is 1.60. The maximum atomic E-state index is 11.4. The maximum absolute atomic E-state index is 11.4. The average Bonchev–Trinajstić information content (AvgIpc) is 2.70. The monoisotopic (exact) mass is 217 g/mol. The van der Waals surface area contributed by atoms with Crippen LogP contribution in [0.15, 0.2) is 30.5 Å². The zero-order chi connectivity index (χ0) is 11.7. The summed E-state index contributed by atoms with van der Waals surface area (Å²) in [5, 5.41) is 9.56. The molecule has 0 aliphatic rings. The lowest BCUT2D eigenvalue weighted by atomic mass is 9.96. The van der Waals surface area contributed by atoms with Gasteiger partial charge >= 0.3 is 5.97 Å². The van der Waals surface area contributed by atoms with Crippen LogP contribution in [0.5, 0.6) is 0 Å². The van der Waals surface area contributed by atoms with Gasteiger partial charge in [0.2, 0.25) is 5.78 Å². The Hall–Kier alpha value is -2.10. The number of Topliss-reactive ketones (excluding diaryl/α,β-unsaturated/α-hetero) is 1. The van der Waals surface area contributed by atoms with Gasteiger partial charge in [-0.15, -0.1) is 0 Å². The second kappa shape index (κ2) is 3.81. The van der Waals surface area contributed by atoms with E-state index in [1.165, 1.54) is 0 Å². The number of carboxylic acid groups (broad SMARTS) is 1. The van der Waals surface area contributed by atoms with Crippen molar-refractivity contribution >= 4 is 22.7 Å². The number of hydrogen-bond acceptors (Lipinski definition) is 2. The quantitative estimate of drug-likeness (QED) is 0.771. The summed E-state index contributed by atoms with van der Waals surface area (Å²) in [5.74, 6) is -2.81. The van der Waals surface area contributed by atoms with Crippen LogP contribution in [0.1, 0.15) is 18.4 Å². The molecule has 1 aromatic carbocycles. The molecule has 0 aliphatic carbocycles. The topological polar surface area (TPSA) is 70.2 Å². The van der Waals surface area contributed by atoms with E-state index in [9.17, 15) is 9.59 Å². The van der Waals surface area contributed by atoms with Crippen molar-refractivity contribution in [3.8, 4) is 0 Å². The largest absolute Gasteiger partial charge is 0.475 e. The zero-order valence-electron chi connectivity index (χ0n) is 8.73. The Labute approximate surface area is 91.9 Å². The number of nitrogens with one attached hydrogen (secondary N) is 1. The molecule has 4 heteroatoms. The normalized spacial score (nSPS) is 12.6. The lowest BCUT2D eigenvalue weighted by Crippen LogP contribution is -2.19. The lowest BCUT2D eigenvalue weighted by molar-refractivity contribution is -0.149. The van der Waals surface area contributed by atoms with Crippen molar-refractivity contribution < 1.29 is 14.7 Å². The third-order valence-electron chi connectivity index (χ3n) is 2.69. The van der Waals surface area contributed by atoms with E-state index in [1.807, 2.05) is 24.3 Å².